The molecule has 0 saturated carbocycles. The minimum atomic E-state index is 0.204. The minimum absolute atomic E-state index is 0.204. The molecule has 0 radical (unpaired) electrons. The molecular formula is C21H27ClN4O. The van der Waals surface area contributed by atoms with Crippen LogP contribution >= 0.6 is 11.6 Å². The SMILES string of the molecule is CC1(C)Cc2nc(N3CCOCC3)ncc2C(NCc2cccc(Cl)c2)C1. The van der Waals surface area contributed by atoms with Gasteiger partial charge in [0.15, 0.2) is 0 Å². The van der Waals surface area contributed by atoms with Gasteiger partial charge in [0.2, 0.25) is 5.95 Å². The lowest BCUT2D eigenvalue weighted by molar-refractivity contribution is 0.122. The largest absolute Gasteiger partial charge is 0.378 e. The Morgan fingerprint density at radius 1 is 1.30 bits per heavy atom. The fourth-order valence-electron chi connectivity index (χ4n) is 4.02. The van der Waals surface area contributed by atoms with Crippen LogP contribution in [0.1, 0.15) is 43.1 Å². The van der Waals surface area contributed by atoms with Gasteiger partial charge in [-0.05, 0) is 36.0 Å². The van der Waals surface area contributed by atoms with Crippen LogP contribution < -0.4 is 10.2 Å². The first-order valence-corrected chi connectivity index (χ1v) is 10.0. The number of nitrogens with zero attached hydrogens (tertiary/aromatic N) is 3. The highest BCUT2D eigenvalue weighted by molar-refractivity contribution is 6.30. The highest BCUT2D eigenvalue weighted by Crippen LogP contribution is 2.40. The first kappa shape index (κ1) is 18.7. The van der Waals surface area contributed by atoms with E-state index in [1.807, 2.05) is 24.4 Å². The van der Waals surface area contributed by atoms with Gasteiger partial charge in [0, 0.05) is 42.5 Å². The fourth-order valence-corrected chi connectivity index (χ4v) is 4.24. The third-order valence-corrected chi connectivity index (χ3v) is 5.64. The van der Waals surface area contributed by atoms with Gasteiger partial charge < -0.3 is 15.0 Å². The van der Waals surface area contributed by atoms with E-state index in [9.17, 15) is 0 Å². The van der Waals surface area contributed by atoms with Crippen LogP contribution in [0.5, 0.6) is 0 Å². The van der Waals surface area contributed by atoms with Gasteiger partial charge in [-0.3, -0.25) is 0 Å². The van der Waals surface area contributed by atoms with Crippen molar-refractivity contribution < 1.29 is 4.74 Å². The summed E-state index contributed by atoms with van der Waals surface area (Å²) in [7, 11) is 0. The van der Waals surface area contributed by atoms with Gasteiger partial charge in [0.1, 0.15) is 0 Å². The summed E-state index contributed by atoms with van der Waals surface area (Å²) in [5, 5.41) is 4.48. The molecule has 4 rings (SSSR count). The molecule has 0 amide bonds. The number of hydrogen-bond acceptors (Lipinski definition) is 5. The maximum Gasteiger partial charge on any atom is 0.225 e. The van der Waals surface area contributed by atoms with Crippen molar-refractivity contribution in [1.82, 2.24) is 15.3 Å². The summed E-state index contributed by atoms with van der Waals surface area (Å²) >= 11 is 6.12. The maximum atomic E-state index is 6.12. The fraction of sp³-hybridized carbons (Fsp3) is 0.524. The molecule has 0 bridgehead atoms. The predicted molar refractivity (Wildman–Crippen MR) is 108 cm³/mol. The molecule has 1 N–H and O–H groups in total. The van der Waals surface area contributed by atoms with E-state index in [0.29, 0.717) is 0 Å². The van der Waals surface area contributed by atoms with E-state index in [4.69, 9.17) is 21.3 Å². The molecule has 6 heteroatoms. The zero-order valence-electron chi connectivity index (χ0n) is 16.0. The summed E-state index contributed by atoms with van der Waals surface area (Å²) in [6.45, 7) is 8.63. The molecule has 1 aromatic heterocycles. The van der Waals surface area contributed by atoms with E-state index in [1.54, 1.807) is 0 Å². The third kappa shape index (κ3) is 4.42. The number of hydrogen-bond donors (Lipinski definition) is 1. The van der Waals surface area contributed by atoms with Crippen molar-refractivity contribution in [1.29, 1.82) is 0 Å². The number of nitrogens with one attached hydrogen (secondary N) is 1. The normalized spacial score (nSPS) is 21.7. The molecule has 2 aromatic rings. The van der Waals surface area contributed by atoms with Gasteiger partial charge >= 0.3 is 0 Å². The summed E-state index contributed by atoms with van der Waals surface area (Å²) < 4.78 is 5.45. The highest BCUT2D eigenvalue weighted by atomic mass is 35.5. The predicted octanol–water partition coefficient (Wildman–Crippen LogP) is 3.77. The van der Waals surface area contributed by atoms with Crippen molar-refractivity contribution in [2.45, 2.75) is 39.3 Å². The summed E-state index contributed by atoms with van der Waals surface area (Å²) in [6, 6.07) is 8.27. The van der Waals surface area contributed by atoms with Gasteiger partial charge in [0.25, 0.3) is 0 Å². The summed E-state index contributed by atoms with van der Waals surface area (Å²) in [5.74, 6) is 0.836. The van der Waals surface area contributed by atoms with Crippen LogP contribution in [0.15, 0.2) is 30.5 Å². The van der Waals surface area contributed by atoms with Crippen molar-refractivity contribution >= 4 is 17.5 Å². The molecule has 1 aromatic carbocycles. The van der Waals surface area contributed by atoms with Gasteiger partial charge in [-0.25, -0.2) is 9.97 Å². The third-order valence-electron chi connectivity index (χ3n) is 5.40. The lowest BCUT2D eigenvalue weighted by atomic mass is 9.74. The van der Waals surface area contributed by atoms with E-state index in [2.05, 4.69) is 35.1 Å². The van der Waals surface area contributed by atoms with Crippen molar-refractivity contribution in [2.75, 3.05) is 31.2 Å². The molecule has 1 atom stereocenters. The van der Waals surface area contributed by atoms with Crippen LogP contribution in [0.2, 0.25) is 5.02 Å². The molecule has 5 nitrogen and oxygen atoms in total. The van der Waals surface area contributed by atoms with Crippen LogP contribution in [-0.2, 0) is 17.7 Å². The summed E-state index contributed by atoms with van der Waals surface area (Å²) in [6.07, 6.45) is 4.08. The second kappa shape index (κ2) is 7.74. The Morgan fingerprint density at radius 3 is 2.89 bits per heavy atom. The van der Waals surface area contributed by atoms with Crippen LogP contribution in [0.4, 0.5) is 5.95 Å². The van der Waals surface area contributed by atoms with E-state index in [0.717, 1.165) is 56.7 Å². The van der Waals surface area contributed by atoms with Crippen molar-refractivity contribution in [3.8, 4) is 0 Å². The van der Waals surface area contributed by atoms with Crippen molar-refractivity contribution in [3.05, 3.63) is 52.3 Å². The van der Waals surface area contributed by atoms with E-state index >= 15 is 0 Å². The summed E-state index contributed by atoms with van der Waals surface area (Å²) in [4.78, 5) is 11.9. The Balaban J connectivity index is 1.55. The van der Waals surface area contributed by atoms with E-state index in [-0.39, 0.29) is 11.5 Å². The second-order valence-corrected chi connectivity index (χ2v) is 8.72. The lowest BCUT2D eigenvalue weighted by Gasteiger charge is -2.37. The molecule has 0 spiro atoms. The molecule has 1 aliphatic carbocycles. The molecule has 1 unspecified atom stereocenters. The van der Waals surface area contributed by atoms with Gasteiger partial charge in [-0.15, -0.1) is 0 Å². The quantitative estimate of drug-likeness (QED) is 0.866. The first-order chi connectivity index (χ1) is 13.0. The van der Waals surface area contributed by atoms with Crippen LogP contribution in [-0.4, -0.2) is 36.3 Å². The van der Waals surface area contributed by atoms with Crippen LogP contribution in [0.3, 0.4) is 0 Å². The molecule has 1 aliphatic heterocycles. The molecule has 144 valence electrons. The number of anilines is 1. The average molecular weight is 387 g/mol. The topological polar surface area (TPSA) is 50.3 Å². The van der Waals surface area contributed by atoms with E-state index in [1.165, 1.54) is 16.8 Å². The number of halogens is 1. The standard InChI is InChI=1S/C21H27ClN4O/c1-21(2)11-18(23-13-15-4-3-5-16(22)10-15)17-14-24-20(25-19(17)12-21)26-6-8-27-9-7-26/h3-5,10,14,18,23H,6-9,11-13H2,1-2H3. The van der Waals surface area contributed by atoms with Gasteiger partial charge in [-0.2, -0.15) is 0 Å². The van der Waals surface area contributed by atoms with Crippen LogP contribution in [0.25, 0.3) is 0 Å². The number of fused-ring (bicyclic) bond motifs is 1. The zero-order chi connectivity index (χ0) is 18.9. The Kier molecular flexibility index (Phi) is 5.35. The number of aromatic nitrogens is 2. The zero-order valence-corrected chi connectivity index (χ0v) is 16.8. The average Bonchev–Trinajstić information content (AvgIpc) is 2.65. The van der Waals surface area contributed by atoms with Crippen molar-refractivity contribution in [3.63, 3.8) is 0 Å². The lowest BCUT2D eigenvalue weighted by Crippen LogP contribution is -2.39. The first-order valence-electron chi connectivity index (χ1n) is 9.66. The molecular weight excluding hydrogens is 360 g/mol. The number of morpholine rings is 1. The Bertz CT molecular complexity index is 805. The Labute approximate surface area is 166 Å². The molecule has 1 saturated heterocycles. The Morgan fingerprint density at radius 2 is 2.11 bits per heavy atom. The maximum absolute atomic E-state index is 6.12. The highest BCUT2D eigenvalue weighted by Gasteiger charge is 2.34. The number of ether oxygens (including phenoxy) is 1. The molecule has 1 fully saturated rings. The Hall–Kier alpha value is -1.69. The molecule has 27 heavy (non-hydrogen) atoms. The number of rotatable bonds is 4. The van der Waals surface area contributed by atoms with Crippen LogP contribution in [0, 0.1) is 5.41 Å². The van der Waals surface area contributed by atoms with E-state index < -0.39 is 0 Å². The monoisotopic (exact) mass is 386 g/mol. The minimum Gasteiger partial charge on any atom is -0.378 e. The molecule has 2 heterocycles. The van der Waals surface area contributed by atoms with Gasteiger partial charge in [-0.1, -0.05) is 37.6 Å². The second-order valence-electron chi connectivity index (χ2n) is 8.28. The van der Waals surface area contributed by atoms with Crippen molar-refractivity contribution in [2.24, 2.45) is 5.41 Å². The summed E-state index contributed by atoms with van der Waals surface area (Å²) in [5.41, 5.74) is 3.80. The number of benzene rings is 1. The smallest absolute Gasteiger partial charge is 0.225 e. The molecule has 2 aliphatic rings. The van der Waals surface area contributed by atoms with Gasteiger partial charge in [0.05, 0.1) is 18.9 Å².